The number of carbonyl (C=O) groups excluding carboxylic acids is 1. The second-order valence-corrected chi connectivity index (χ2v) is 8.42. The Balaban J connectivity index is 1.45. The number of allylic oxidation sites excluding steroid dienone is 2. The normalized spacial score (nSPS) is 21.0. The van der Waals surface area contributed by atoms with Crippen molar-refractivity contribution in [2.24, 2.45) is 5.92 Å². The Labute approximate surface area is 159 Å². The predicted molar refractivity (Wildman–Crippen MR) is 99.0 cm³/mol. The van der Waals surface area contributed by atoms with Gasteiger partial charge in [-0.05, 0) is 43.5 Å². The molecule has 1 fully saturated rings. The van der Waals surface area contributed by atoms with Crippen molar-refractivity contribution in [2.45, 2.75) is 24.2 Å². The standard InChI is InChI=1S/C19H25NO6S/c21-19(16-4-2-1-3-5-16)26-15-14-25-17-6-8-18(9-7-17)27(22,23)20-10-12-24-13-11-20/h1-2,6-9,16H,3-5,10-15H2. The molecule has 1 aliphatic carbocycles. The molecule has 0 saturated carbocycles. The van der Waals surface area contributed by atoms with Gasteiger partial charge in [0.15, 0.2) is 0 Å². The highest BCUT2D eigenvalue weighted by molar-refractivity contribution is 7.89. The topological polar surface area (TPSA) is 82.1 Å². The Morgan fingerprint density at radius 1 is 1.11 bits per heavy atom. The maximum Gasteiger partial charge on any atom is 0.309 e. The summed E-state index contributed by atoms with van der Waals surface area (Å²) < 4.78 is 42.5. The molecule has 1 aromatic carbocycles. The molecule has 3 rings (SSSR count). The van der Waals surface area contributed by atoms with Crippen LogP contribution in [0.2, 0.25) is 0 Å². The third-order valence-electron chi connectivity index (χ3n) is 4.63. The van der Waals surface area contributed by atoms with E-state index in [2.05, 4.69) is 6.08 Å². The Kier molecular flexibility index (Phi) is 6.87. The zero-order valence-electron chi connectivity index (χ0n) is 15.2. The first-order valence-electron chi connectivity index (χ1n) is 9.20. The van der Waals surface area contributed by atoms with E-state index in [0.717, 1.165) is 19.3 Å². The molecule has 0 radical (unpaired) electrons. The van der Waals surface area contributed by atoms with Crippen molar-refractivity contribution < 1.29 is 27.4 Å². The highest BCUT2D eigenvalue weighted by Gasteiger charge is 2.26. The van der Waals surface area contributed by atoms with E-state index >= 15 is 0 Å². The summed E-state index contributed by atoms with van der Waals surface area (Å²) in [5.41, 5.74) is 0. The minimum absolute atomic E-state index is 0.0559. The SMILES string of the molecule is O=C(OCCOc1ccc(S(=O)(=O)N2CCOCC2)cc1)C1CC=CCC1. The summed E-state index contributed by atoms with van der Waals surface area (Å²) in [6.07, 6.45) is 6.57. The molecule has 8 heteroatoms. The minimum atomic E-state index is -3.50. The van der Waals surface area contributed by atoms with Crippen LogP contribution >= 0.6 is 0 Å². The summed E-state index contributed by atoms with van der Waals surface area (Å²) in [7, 11) is -3.50. The van der Waals surface area contributed by atoms with Crippen LogP contribution < -0.4 is 4.74 Å². The molecule has 0 bridgehead atoms. The van der Waals surface area contributed by atoms with E-state index in [0.29, 0.717) is 32.1 Å². The number of nitrogens with zero attached hydrogens (tertiary/aromatic N) is 1. The highest BCUT2D eigenvalue weighted by Crippen LogP contribution is 2.21. The Bertz CT molecular complexity index is 753. The first-order valence-corrected chi connectivity index (χ1v) is 10.6. The number of carbonyl (C=O) groups is 1. The number of esters is 1. The van der Waals surface area contributed by atoms with E-state index in [-0.39, 0.29) is 30.0 Å². The molecule has 148 valence electrons. The fourth-order valence-electron chi connectivity index (χ4n) is 3.07. The van der Waals surface area contributed by atoms with E-state index in [1.807, 2.05) is 6.08 Å². The van der Waals surface area contributed by atoms with Crippen molar-refractivity contribution in [3.63, 3.8) is 0 Å². The average molecular weight is 395 g/mol. The van der Waals surface area contributed by atoms with Crippen LogP contribution in [0.5, 0.6) is 5.75 Å². The first-order chi connectivity index (χ1) is 13.1. The molecule has 1 saturated heterocycles. The molecular formula is C19H25NO6S. The van der Waals surface area contributed by atoms with Crippen LogP contribution in [-0.4, -0.2) is 58.2 Å². The lowest BCUT2D eigenvalue weighted by molar-refractivity contribution is -0.149. The van der Waals surface area contributed by atoms with Crippen LogP contribution in [0.3, 0.4) is 0 Å². The van der Waals surface area contributed by atoms with Gasteiger partial charge in [-0.25, -0.2) is 8.42 Å². The summed E-state index contributed by atoms with van der Waals surface area (Å²) in [6.45, 7) is 1.95. The second kappa shape index (κ2) is 9.34. The van der Waals surface area contributed by atoms with Crippen LogP contribution in [0.4, 0.5) is 0 Å². The molecule has 2 aliphatic rings. The number of hydrogen-bond acceptors (Lipinski definition) is 6. The number of ether oxygens (including phenoxy) is 3. The van der Waals surface area contributed by atoms with Crippen LogP contribution in [0.25, 0.3) is 0 Å². The summed E-state index contributed by atoms with van der Waals surface area (Å²) >= 11 is 0. The zero-order chi connectivity index (χ0) is 19.1. The smallest absolute Gasteiger partial charge is 0.309 e. The monoisotopic (exact) mass is 395 g/mol. The third kappa shape index (κ3) is 5.31. The van der Waals surface area contributed by atoms with E-state index in [9.17, 15) is 13.2 Å². The molecule has 1 heterocycles. The molecule has 1 aliphatic heterocycles. The van der Waals surface area contributed by atoms with Crippen molar-refractivity contribution in [1.82, 2.24) is 4.31 Å². The van der Waals surface area contributed by atoms with E-state index in [1.165, 1.54) is 16.4 Å². The molecule has 0 N–H and O–H groups in total. The summed E-state index contributed by atoms with van der Waals surface area (Å²) in [5.74, 6) is 0.294. The summed E-state index contributed by atoms with van der Waals surface area (Å²) in [5, 5.41) is 0. The molecule has 0 amide bonds. The van der Waals surface area contributed by atoms with Crippen molar-refractivity contribution in [1.29, 1.82) is 0 Å². The van der Waals surface area contributed by atoms with Gasteiger partial charge in [-0.3, -0.25) is 4.79 Å². The van der Waals surface area contributed by atoms with Crippen molar-refractivity contribution in [2.75, 3.05) is 39.5 Å². The second-order valence-electron chi connectivity index (χ2n) is 6.49. The number of sulfonamides is 1. The quantitative estimate of drug-likeness (QED) is 0.399. The number of morpholine rings is 1. The van der Waals surface area contributed by atoms with E-state index in [1.54, 1.807) is 12.1 Å². The van der Waals surface area contributed by atoms with Crippen molar-refractivity contribution in [3.05, 3.63) is 36.4 Å². The Morgan fingerprint density at radius 2 is 1.85 bits per heavy atom. The van der Waals surface area contributed by atoms with Crippen LogP contribution in [-0.2, 0) is 24.3 Å². The van der Waals surface area contributed by atoms with Gasteiger partial charge in [0.2, 0.25) is 10.0 Å². The summed E-state index contributed by atoms with van der Waals surface area (Å²) in [4.78, 5) is 12.2. The summed E-state index contributed by atoms with van der Waals surface area (Å²) in [6, 6.07) is 6.28. The molecule has 1 atom stereocenters. The maximum atomic E-state index is 12.6. The highest BCUT2D eigenvalue weighted by atomic mass is 32.2. The van der Waals surface area contributed by atoms with Gasteiger partial charge in [-0.15, -0.1) is 0 Å². The van der Waals surface area contributed by atoms with Crippen molar-refractivity contribution in [3.8, 4) is 5.75 Å². The zero-order valence-corrected chi connectivity index (χ0v) is 16.0. The lowest BCUT2D eigenvalue weighted by atomic mass is 9.95. The molecule has 0 spiro atoms. The van der Waals surface area contributed by atoms with E-state index < -0.39 is 10.0 Å². The molecule has 1 unspecified atom stereocenters. The molecule has 27 heavy (non-hydrogen) atoms. The van der Waals surface area contributed by atoms with Gasteiger partial charge >= 0.3 is 5.97 Å². The van der Waals surface area contributed by atoms with Gasteiger partial charge in [0, 0.05) is 13.1 Å². The fraction of sp³-hybridized carbons (Fsp3) is 0.526. The number of rotatable bonds is 7. The Morgan fingerprint density at radius 3 is 2.52 bits per heavy atom. The molecule has 1 aromatic rings. The maximum absolute atomic E-state index is 12.6. The van der Waals surface area contributed by atoms with Crippen LogP contribution in [0.1, 0.15) is 19.3 Å². The van der Waals surface area contributed by atoms with Crippen LogP contribution in [0, 0.1) is 5.92 Å². The largest absolute Gasteiger partial charge is 0.490 e. The van der Waals surface area contributed by atoms with Gasteiger partial charge in [-0.2, -0.15) is 4.31 Å². The van der Waals surface area contributed by atoms with Crippen LogP contribution in [0.15, 0.2) is 41.3 Å². The van der Waals surface area contributed by atoms with Gasteiger partial charge < -0.3 is 14.2 Å². The lowest BCUT2D eigenvalue weighted by Gasteiger charge is -2.26. The third-order valence-corrected chi connectivity index (χ3v) is 6.54. The van der Waals surface area contributed by atoms with Gasteiger partial charge in [-0.1, -0.05) is 12.2 Å². The number of hydrogen-bond donors (Lipinski definition) is 0. The minimum Gasteiger partial charge on any atom is -0.490 e. The van der Waals surface area contributed by atoms with Crippen molar-refractivity contribution >= 4 is 16.0 Å². The van der Waals surface area contributed by atoms with Gasteiger partial charge in [0.05, 0.1) is 24.0 Å². The number of benzene rings is 1. The predicted octanol–water partition coefficient (Wildman–Crippen LogP) is 1.99. The fourth-order valence-corrected chi connectivity index (χ4v) is 4.48. The van der Waals surface area contributed by atoms with Gasteiger partial charge in [0.1, 0.15) is 19.0 Å². The Hall–Kier alpha value is -1.90. The molecular weight excluding hydrogens is 370 g/mol. The van der Waals surface area contributed by atoms with E-state index in [4.69, 9.17) is 14.2 Å². The molecule has 7 nitrogen and oxygen atoms in total. The lowest BCUT2D eigenvalue weighted by Crippen LogP contribution is -2.40. The van der Waals surface area contributed by atoms with Gasteiger partial charge in [0.25, 0.3) is 0 Å². The first kappa shape index (κ1) is 19.9. The average Bonchev–Trinajstić information content (AvgIpc) is 2.72. The molecule has 0 aromatic heterocycles.